The third kappa shape index (κ3) is 8.12. The molecule has 0 radical (unpaired) electrons. The maximum atomic E-state index is 11.0. The summed E-state index contributed by atoms with van der Waals surface area (Å²) in [5, 5.41) is 0. The highest BCUT2D eigenvalue weighted by Gasteiger charge is 2.05. The van der Waals surface area contributed by atoms with E-state index in [2.05, 4.69) is 12.2 Å². The molecule has 0 saturated heterocycles. The monoisotopic (exact) mass is 165 g/mol. The Labute approximate surface area is 61.2 Å². The van der Waals surface area contributed by atoms with E-state index in [0.29, 0.717) is 17.6 Å². The highest BCUT2D eigenvalue weighted by atomic mass is 32.1. The molecule has 0 atom stereocenters. The normalized spacial score (nSPS) is 11.3. The van der Waals surface area contributed by atoms with Crippen LogP contribution in [0.1, 0.15) is 6.42 Å². The summed E-state index contributed by atoms with van der Waals surface area (Å²) in [4.78, 5) is 0.457. The molecule has 0 rings (SSSR count). The van der Waals surface area contributed by atoms with E-state index in [1.807, 2.05) is 0 Å². The quantitative estimate of drug-likeness (QED) is 0.506. The zero-order valence-electron chi connectivity index (χ0n) is 5.76. The van der Waals surface area contributed by atoms with Gasteiger partial charge in [0.05, 0.1) is 12.1 Å². The van der Waals surface area contributed by atoms with Gasteiger partial charge in [-0.2, -0.15) is 0 Å². The van der Waals surface area contributed by atoms with Crippen LogP contribution >= 0.6 is 19.4 Å². The average molecular weight is 165 g/mol. The summed E-state index contributed by atoms with van der Waals surface area (Å²) < 4.78 is 11.0. The van der Waals surface area contributed by atoms with Crippen molar-refractivity contribution in [3.8, 4) is 0 Å². The van der Waals surface area contributed by atoms with Crippen molar-refractivity contribution >= 4 is 24.3 Å². The lowest BCUT2D eigenvalue weighted by Crippen LogP contribution is -2.09. The van der Waals surface area contributed by atoms with E-state index in [0.717, 1.165) is 0 Å². The fraction of sp³-hybridized carbons (Fsp3) is 0.800. The molecule has 0 amide bonds. The van der Waals surface area contributed by atoms with E-state index in [1.165, 1.54) is 0 Å². The Bertz CT molecular complexity index is 151. The van der Waals surface area contributed by atoms with E-state index in [9.17, 15) is 4.57 Å². The molecular weight excluding hydrogens is 153 g/mol. The maximum absolute atomic E-state index is 11.0. The minimum Gasteiger partial charge on any atom is -0.393 e. The molecule has 0 heterocycles. The largest absolute Gasteiger partial charge is 0.393 e. The van der Waals surface area contributed by atoms with Crippen molar-refractivity contribution in [2.75, 3.05) is 19.5 Å². The Morgan fingerprint density at radius 3 is 2.22 bits per heavy atom. The molecule has 0 bridgehead atoms. The van der Waals surface area contributed by atoms with E-state index in [4.69, 9.17) is 5.73 Å². The van der Waals surface area contributed by atoms with E-state index in [-0.39, 0.29) is 0 Å². The minimum absolute atomic E-state index is 0.457. The van der Waals surface area contributed by atoms with Gasteiger partial charge in [0.15, 0.2) is 0 Å². The van der Waals surface area contributed by atoms with Gasteiger partial charge in [-0.3, -0.25) is 0 Å². The number of hydrogen-bond donors (Lipinski definition) is 1. The Morgan fingerprint density at radius 1 is 1.67 bits per heavy atom. The maximum Gasteiger partial charge on any atom is 0.0823 e. The van der Waals surface area contributed by atoms with Crippen LogP contribution < -0.4 is 5.73 Å². The smallest absolute Gasteiger partial charge is 0.0823 e. The lowest BCUT2D eigenvalue weighted by atomic mass is 10.5. The molecule has 0 aromatic rings. The van der Waals surface area contributed by atoms with Gasteiger partial charge in [0, 0.05) is 12.6 Å². The van der Waals surface area contributed by atoms with Crippen molar-refractivity contribution in [2.45, 2.75) is 6.42 Å². The third-order valence-electron chi connectivity index (χ3n) is 0.897. The number of hydrogen-bond acceptors (Lipinski definition) is 2. The zero-order valence-corrected chi connectivity index (χ0v) is 7.47. The molecule has 54 valence electrons. The molecular formula is C5H12NOPS. The van der Waals surface area contributed by atoms with E-state index in [1.54, 1.807) is 13.3 Å². The van der Waals surface area contributed by atoms with Crippen molar-refractivity contribution in [3.63, 3.8) is 0 Å². The second kappa shape index (κ2) is 3.33. The molecule has 2 N–H and O–H groups in total. The van der Waals surface area contributed by atoms with Crippen LogP contribution in [0, 0.1) is 0 Å². The molecule has 0 aliphatic carbocycles. The van der Waals surface area contributed by atoms with Gasteiger partial charge in [-0.25, -0.2) is 0 Å². The zero-order chi connectivity index (χ0) is 7.49. The highest BCUT2D eigenvalue weighted by Crippen LogP contribution is 2.36. The van der Waals surface area contributed by atoms with Gasteiger partial charge in [-0.05, 0) is 13.3 Å². The van der Waals surface area contributed by atoms with Crippen LogP contribution in [0.4, 0.5) is 0 Å². The van der Waals surface area contributed by atoms with E-state index >= 15 is 0 Å². The lowest BCUT2D eigenvalue weighted by molar-refractivity contribution is 0.582. The first-order chi connectivity index (χ1) is 3.92. The summed E-state index contributed by atoms with van der Waals surface area (Å²) in [5.41, 5.74) is 5.21. The summed E-state index contributed by atoms with van der Waals surface area (Å²) >= 11 is 4.62. The van der Waals surface area contributed by atoms with Crippen LogP contribution in [0.5, 0.6) is 0 Å². The molecule has 0 spiro atoms. The Morgan fingerprint density at radius 2 is 2.11 bits per heavy atom. The molecule has 0 fully saturated rings. The first-order valence-electron chi connectivity index (χ1n) is 2.74. The van der Waals surface area contributed by atoms with Crippen molar-refractivity contribution in [3.05, 3.63) is 0 Å². The van der Waals surface area contributed by atoms with Crippen molar-refractivity contribution in [2.24, 2.45) is 5.73 Å². The fourth-order valence-corrected chi connectivity index (χ4v) is 1.41. The van der Waals surface area contributed by atoms with Gasteiger partial charge >= 0.3 is 0 Å². The first-order valence-corrected chi connectivity index (χ1v) is 5.93. The molecule has 0 saturated carbocycles. The predicted octanol–water partition coefficient (Wildman–Crippen LogP) is 1.29. The summed E-state index contributed by atoms with van der Waals surface area (Å²) in [6.45, 7) is 3.48. The SMILES string of the molecule is CP(C)(=O)CCC(N)=S. The standard InChI is InChI=1S/C5H12NOPS/c1-8(2,7)4-3-5(6)9/h3-4H2,1-2H3,(H2,6,9). The van der Waals surface area contributed by atoms with Crippen molar-refractivity contribution in [1.29, 1.82) is 0 Å². The van der Waals surface area contributed by atoms with Gasteiger partial charge in [-0.15, -0.1) is 0 Å². The Balaban J connectivity index is 3.53. The molecule has 2 nitrogen and oxygen atoms in total. The van der Waals surface area contributed by atoms with Crippen LogP contribution in [-0.4, -0.2) is 24.5 Å². The van der Waals surface area contributed by atoms with Gasteiger partial charge in [0.1, 0.15) is 0 Å². The molecule has 0 aliphatic rings. The summed E-state index contributed by atoms with van der Waals surface area (Å²) in [5.74, 6) is 0. The number of nitrogens with two attached hydrogens (primary N) is 1. The number of rotatable bonds is 3. The molecule has 0 unspecified atom stereocenters. The van der Waals surface area contributed by atoms with Gasteiger partial charge in [-0.1, -0.05) is 12.2 Å². The average Bonchev–Trinajstić information content (AvgIpc) is 1.59. The molecule has 0 aromatic carbocycles. The van der Waals surface area contributed by atoms with Crippen LogP contribution in [0.25, 0.3) is 0 Å². The summed E-state index contributed by atoms with van der Waals surface area (Å²) in [6, 6.07) is 0. The summed E-state index contributed by atoms with van der Waals surface area (Å²) in [7, 11) is -1.89. The molecule has 0 aliphatic heterocycles. The van der Waals surface area contributed by atoms with Gasteiger partial charge in [0.2, 0.25) is 0 Å². The van der Waals surface area contributed by atoms with Crippen molar-refractivity contribution in [1.82, 2.24) is 0 Å². The topological polar surface area (TPSA) is 43.1 Å². The Kier molecular flexibility index (Phi) is 3.37. The summed E-state index contributed by atoms with van der Waals surface area (Å²) in [6.07, 6.45) is 1.25. The Hall–Kier alpha value is 0.120. The fourth-order valence-electron chi connectivity index (χ4n) is 0.379. The van der Waals surface area contributed by atoms with Gasteiger partial charge < -0.3 is 10.3 Å². The first kappa shape index (κ1) is 9.12. The number of thiocarbonyl (C=S) groups is 1. The highest BCUT2D eigenvalue weighted by molar-refractivity contribution is 7.80. The van der Waals surface area contributed by atoms with Crippen LogP contribution in [0.3, 0.4) is 0 Å². The van der Waals surface area contributed by atoms with Crippen LogP contribution in [0.15, 0.2) is 0 Å². The molecule has 4 heteroatoms. The lowest BCUT2D eigenvalue weighted by Gasteiger charge is -2.03. The van der Waals surface area contributed by atoms with Crippen molar-refractivity contribution < 1.29 is 4.57 Å². The second-order valence-electron chi connectivity index (χ2n) is 2.51. The second-order valence-corrected chi connectivity index (χ2v) is 6.63. The van der Waals surface area contributed by atoms with Crippen LogP contribution in [0.2, 0.25) is 0 Å². The van der Waals surface area contributed by atoms with E-state index < -0.39 is 7.14 Å². The van der Waals surface area contributed by atoms with Gasteiger partial charge in [0.25, 0.3) is 0 Å². The molecule has 0 aromatic heterocycles. The van der Waals surface area contributed by atoms with Crippen LogP contribution in [-0.2, 0) is 4.57 Å². The minimum atomic E-state index is -1.89. The third-order valence-corrected chi connectivity index (χ3v) is 2.40. The predicted molar refractivity (Wildman–Crippen MR) is 45.7 cm³/mol. The molecule has 9 heavy (non-hydrogen) atoms.